The van der Waals surface area contributed by atoms with Crippen molar-refractivity contribution in [2.24, 2.45) is 0 Å². The maximum absolute atomic E-state index is 4.52. The van der Waals surface area contributed by atoms with Crippen molar-refractivity contribution in [2.45, 2.75) is 27.2 Å². The van der Waals surface area contributed by atoms with Crippen LogP contribution in [0.1, 0.15) is 23.7 Å². The zero-order valence-corrected chi connectivity index (χ0v) is 11.2. The largest absolute Gasteiger partial charge is 0.373 e. The highest BCUT2D eigenvalue weighted by Crippen LogP contribution is 2.19. The van der Waals surface area contributed by atoms with Gasteiger partial charge in [0.2, 0.25) is 0 Å². The third kappa shape index (κ3) is 2.30. The molecule has 5 nitrogen and oxygen atoms in total. The summed E-state index contributed by atoms with van der Waals surface area (Å²) >= 11 is 0. The van der Waals surface area contributed by atoms with Crippen LogP contribution in [0.2, 0.25) is 0 Å². The molecular weight excluding hydrogens is 226 g/mol. The van der Waals surface area contributed by atoms with Gasteiger partial charge < -0.3 is 5.32 Å². The highest BCUT2D eigenvalue weighted by molar-refractivity contribution is 5.53. The van der Waals surface area contributed by atoms with Gasteiger partial charge in [0.1, 0.15) is 5.82 Å². The van der Waals surface area contributed by atoms with E-state index in [9.17, 15) is 0 Å². The average Bonchev–Trinajstić information content (AvgIpc) is 2.40. The quantitative estimate of drug-likeness (QED) is 0.895. The van der Waals surface area contributed by atoms with Crippen molar-refractivity contribution in [3.8, 4) is 11.6 Å². The maximum Gasteiger partial charge on any atom is 0.199 e. The van der Waals surface area contributed by atoms with Crippen molar-refractivity contribution < 1.29 is 0 Å². The summed E-state index contributed by atoms with van der Waals surface area (Å²) in [5, 5.41) is 3.08. The lowest BCUT2D eigenvalue weighted by molar-refractivity contribution is 0.959. The number of aromatic nitrogens is 4. The molecule has 1 N–H and O–H groups in total. The SMILES string of the molecule is CCc1nc(-c2ncc(C)cn2)nc(NC)c1C. The van der Waals surface area contributed by atoms with Crippen molar-refractivity contribution >= 4 is 5.82 Å². The fourth-order valence-corrected chi connectivity index (χ4v) is 1.76. The van der Waals surface area contributed by atoms with E-state index >= 15 is 0 Å². The van der Waals surface area contributed by atoms with Gasteiger partial charge in [-0.15, -0.1) is 0 Å². The van der Waals surface area contributed by atoms with Crippen LogP contribution in [0.4, 0.5) is 5.82 Å². The van der Waals surface area contributed by atoms with Gasteiger partial charge in [-0.3, -0.25) is 0 Å². The molecule has 2 rings (SSSR count). The van der Waals surface area contributed by atoms with Crippen LogP contribution in [0.25, 0.3) is 11.6 Å². The summed E-state index contributed by atoms with van der Waals surface area (Å²) in [4.78, 5) is 17.5. The normalized spacial score (nSPS) is 10.4. The Labute approximate surface area is 107 Å². The van der Waals surface area contributed by atoms with Gasteiger partial charge in [0.15, 0.2) is 11.6 Å². The molecule has 0 amide bonds. The molecule has 0 fully saturated rings. The number of nitrogens with one attached hydrogen (secondary N) is 1. The average molecular weight is 243 g/mol. The van der Waals surface area contributed by atoms with Gasteiger partial charge in [0.05, 0.1) is 0 Å². The van der Waals surface area contributed by atoms with Gasteiger partial charge in [-0.2, -0.15) is 0 Å². The zero-order chi connectivity index (χ0) is 13.1. The zero-order valence-electron chi connectivity index (χ0n) is 11.2. The van der Waals surface area contributed by atoms with Crippen molar-refractivity contribution in [3.05, 3.63) is 29.2 Å². The van der Waals surface area contributed by atoms with Gasteiger partial charge in [0.25, 0.3) is 0 Å². The number of rotatable bonds is 3. The summed E-state index contributed by atoms with van der Waals surface area (Å²) in [6, 6.07) is 0. The van der Waals surface area contributed by atoms with Crippen LogP contribution in [-0.2, 0) is 6.42 Å². The van der Waals surface area contributed by atoms with Crippen LogP contribution in [0.5, 0.6) is 0 Å². The van der Waals surface area contributed by atoms with E-state index < -0.39 is 0 Å². The number of hydrogen-bond donors (Lipinski definition) is 1. The molecule has 94 valence electrons. The molecule has 2 aromatic rings. The van der Waals surface area contributed by atoms with Crippen LogP contribution in [0, 0.1) is 13.8 Å². The van der Waals surface area contributed by atoms with E-state index in [0.717, 1.165) is 29.1 Å². The smallest absolute Gasteiger partial charge is 0.199 e. The van der Waals surface area contributed by atoms with E-state index in [1.54, 1.807) is 12.4 Å². The molecule has 0 aromatic carbocycles. The molecule has 18 heavy (non-hydrogen) atoms. The highest BCUT2D eigenvalue weighted by Gasteiger charge is 2.11. The predicted octanol–water partition coefficient (Wildman–Crippen LogP) is 2.15. The summed E-state index contributed by atoms with van der Waals surface area (Å²) in [6.45, 7) is 6.05. The van der Waals surface area contributed by atoms with Crippen LogP contribution in [0.15, 0.2) is 12.4 Å². The van der Waals surface area contributed by atoms with Crippen LogP contribution >= 0.6 is 0 Å². The summed E-state index contributed by atoms with van der Waals surface area (Å²) in [6.07, 6.45) is 4.41. The van der Waals surface area contributed by atoms with Crippen molar-refractivity contribution in [1.82, 2.24) is 19.9 Å². The Morgan fingerprint density at radius 1 is 1.06 bits per heavy atom. The van der Waals surface area contributed by atoms with Crippen molar-refractivity contribution in [3.63, 3.8) is 0 Å². The molecule has 5 heteroatoms. The molecule has 0 atom stereocenters. The number of nitrogens with zero attached hydrogens (tertiary/aromatic N) is 4. The summed E-state index contributed by atoms with van der Waals surface area (Å²) < 4.78 is 0. The first-order chi connectivity index (χ1) is 8.65. The van der Waals surface area contributed by atoms with Crippen LogP contribution in [0.3, 0.4) is 0 Å². The fraction of sp³-hybridized carbons (Fsp3) is 0.385. The van der Waals surface area contributed by atoms with E-state index in [2.05, 4.69) is 32.2 Å². The molecule has 0 unspecified atom stereocenters. The number of aryl methyl sites for hydroxylation is 2. The molecule has 0 aliphatic heterocycles. The standard InChI is InChI=1S/C13H17N5/c1-5-10-9(3)11(14-4)18-13(17-10)12-15-6-8(2)7-16-12/h6-7H,5H2,1-4H3,(H,14,17,18). The lowest BCUT2D eigenvalue weighted by Crippen LogP contribution is -2.06. The molecule has 0 spiro atoms. The predicted molar refractivity (Wildman–Crippen MR) is 71.5 cm³/mol. The molecule has 0 aliphatic rings. The Bertz CT molecular complexity index is 523. The summed E-state index contributed by atoms with van der Waals surface area (Å²) in [7, 11) is 1.86. The van der Waals surface area contributed by atoms with E-state index in [1.807, 2.05) is 20.9 Å². The molecular formula is C13H17N5. The highest BCUT2D eigenvalue weighted by atomic mass is 15.1. The second-order valence-corrected chi connectivity index (χ2v) is 4.16. The minimum atomic E-state index is 0.562. The second-order valence-electron chi connectivity index (χ2n) is 4.16. The first kappa shape index (κ1) is 12.4. The minimum absolute atomic E-state index is 0.562. The van der Waals surface area contributed by atoms with Crippen LogP contribution < -0.4 is 5.32 Å². The topological polar surface area (TPSA) is 63.6 Å². The van der Waals surface area contributed by atoms with Gasteiger partial charge in [-0.05, 0) is 25.8 Å². The molecule has 0 saturated heterocycles. The summed E-state index contributed by atoms with van der Waals surface area (Å²) in [5.74, 6) is 1.97. The van der Waals surface area contributed by atoms with E-state index in [-0.39, 0.29) is 0 Å². The van der Waals surface area contributed by atoms with Gasteiger partial charge in [-0.25, -0.2) is 19.9 Å². The summed E-state index contributed by atoms with van der Waals surface area (Å²) in [5.41, 5.74) is 3.12. The van der Waals surface area contributed by atoms with E-state index in [4.69, 9.17) is 0 Å². The van der Waals surface area contributed by atoms with Crippen LogP contribution in [-0.4, -0.2) is 27.0 Å². The maximum atomic E-state index is 4.52. The van der Waals surface area contributed by atoms with Gasteiger partial charge >= 0.3 is 0 Å². The molecule has 0 aliphatic carbocycles. The van der Waals surface area contributed by atoms with Gasteiger partial charge in [-0.1, -0.05) is 6.92 Å². The monoisotopic (exact) mass is 243 g/mol. The fourth-order valence-electron chi connectivity index (χ4n) is 1.76. The first-order valence-electron chi connectivity index (χ1n) is 6.00. The Balaban J connectivity index is 2.54. The molecule has 0 saturated carbocycles. The Kier molecular flexibility index (Phi) is 3.50. The molecule has 0 radical (unpaired) electrons. The Hall–Kier alpha value is -2.04. The second kappa shape index (κ2) is 5.08. The number of hydrogen-bond acceptors (Lipinski definition) is 5. The van der Waals surface area contributed by atoms with Crippen molar-refractivity contribution in [2.75, 3.05) is 12.4 Å². The number of anilines is 1. The molecule has 2 heterocycles. The van der Waals surface area contributed by atoms with E-state index in [0.29, 0.717) is 11.6 Å². The third-order valence-corrected chi connectivity index (χ3v) is 2.80. The van der Waals surface area contributed by atoms with Gasteiger partial charge in [0, 0.05) is 30.7 Å². The Morgan fingerprint density at radius 3 is 2.28 bits per heavy atom. The Morgan fingerprint density at radius 2 is 1.72 bits per heavy atom. The lowest BCUT2D eigenvalue weighted by atomic mass is 10.2. The molecule has 0 bridgehead atoms. The first-order valence-corrected chi connectivity index (χ1v) is 6.00. The van der Waals surface area contributed by atoms with Crippen molar-refractivity contribution in [1.29, 1.82) is 0 Å². The lowest BCUT2D eigenvalue weighted by Gasteiger charge is -2.10. The molecule has 2 aromatic heterocycles. The minimum Gasteiger partial charge on any atom is -0.373 e. The van der Waals surface area contributed by atoms with E-state index in [1.165, 1.54) is 0 Å². The third-order valence-electron chi connectivity index (χ3n) is 2.80.